The summed E-state index contributed by atoms with van der Waals surface area (Å²) in [7, 11) is 0. The summed E-state index contributed by atoms with van der Waals surface area (Å²) in [4.78, 5) is 14.9. The normalized spacial score (nSPS) is 32.7. The van der Waals surface area contributed by atoms with Crippen molar-refractivity contribution in [2.24, 2.45) is 5.41 Å². The number of nitrogens with two attached hydrogens (primary N) is 1. The van der Waals surface area contributed by atoms with Crippen LogP contribution in [0, 0.1) is 5.41 Å². The number of aliphatic hydroxyl groups is 1. The van der Waals surface area contributed by atoms with E-state index in [1.54, 1.807) is 6.92 Å². The lowest BCUT2D eigenvalue weighted by Gasteiger charge is -2.14. The van der Waals surface area contributed by atoms with E-state index in [1.807, 2.05) is 0 Å². The first-order valence-electron chi connectivity index (χ1n) is 5.03. The fourth-order valence-electron chi connectivity index (χ4n) is 1.85. The smallest absolute Gasteiger partial charge is 0.349 e. The SMILES string of the molecule is C[C@]1(CO)C[C@]1(F)Cn1ccc(N)nc1=O. The molecule has 2 atom stereocenters. The number of nitrogens with zero attached hydrogens (tertiary/aromatic N) is 2. The molecule has 0 bridgehead atoms. The maximum Gasteiger partial charge on any atom is 0.349 e. The average Bonchev–Trinajstić information content (AvgIpc) is 2.75. The summed E-state index contributed by atoms with van der Waals surface area (Å²) in [5, 5.41) is 9.03. The van der Waals surface area contributed by atoms with Crippen molar-refractivity contribution in [3.63, 3.8) is 0 Å². The molecule has 0 amide bonds. The topological polar surface area (TPSA) is 81.1 Å². The van der Waals surface area contributed by atoms with Gasteiger partial charge in [-0.3, -0.25) is 4.57 Å². The Kier molecular flexibility index (Phi) is 2.27. The van der Waals surface area contributed by atoms with Gasteiger partial charge in [-0.2, -0.15) is 4.98 Å². The zero-order chi connectivity index (χ0) is 12.0. The summed E-state index contributed by atoms with van der Waals surface area (Å²) in [6.07, 6.45) is 1.68. The molecule has 0 aromatic carbocycles. The quantitative estimate of drug-likeness (QED) is 0.757. The Bertz CT molecular complexity index is 475. The van der Waals surface area contributed by atoms with Crippen molar-refractivity contribution >= 4 is 5.82 Å². The van der Waals surface area contributed by atoms with Gasteiger partial charge in [-0.25, -0.2) is 9.18 Å². The fraction of sp³-hybridized carbons (Fsp3) is 0.600. The van der Waals surface area contributed by atoms with Gasteiger partial charge in [0.05, 0.1) is 13.2 Å². The highest BCUT2D eigenvalue weighted by Crippen LogP contribution is 2.59. The van der Waals surface area contributed by atoms with E-state index in [0.717, 1.165) is 0 Å². The molecule has 1 heterocycles. The number of aliphatic hydroxyl groups excluding tert-OH is 1. The number of rotatable bonds is 3. The molecule has 1 saturated carbocycles. The van der Waals surface area contributed by atoms with Gasteiger partial charge in [-0.05, 0) is 12.5 Å². The lowest BCUT2D eigenvalue weighted by molar-refractivity contribution is 0.137. The van der Waals surface area contributed by atoms with Crippen LogP contribution in [0.15, 0.2) is 17.1 Å². The highest BCUT2D eigenvalue weighted by atomic mass is 19.1. The zero-order valence-corrected chi connectivity index (χ0v) is 8.98. The third-order valence-corrected chi connectivity index (χ3v) is 3.29. The molecular weight excluding hydrogens is 213 g/mol. The highest BCUT2D eigenvalue weighted by molar-refractivity contribution is 5.24. The Morgan fingerprint density at radius 2 is 2.44 bits per heavy atom. The van der Waals surface area contributed by atoms with Crippen molar-refractivity contribution in [3.8, 4) is 0 Å². The number of hydrogen-bond donors (Lipinski definition) is 2. The van der Waals surface area contributed by atoms with E-state index < -0.39 is 16.8 Å². The fourth-order valence-corrected chi connectivity index (χ4v) is 1.85. The van der Waals surface area contributed by atoms with E-state index in [2.05, 4.69) is 4.98 Å². The molecule has 0 spiro atoms. The van der Waals surface area contributed by atoms with Gasteiger partial charge in [0.15, 0.2) is 0 Å². The predicted molar refractivity (Wildman–Crippen MR) is 56.6 cm³/mol. The van der Waals surface area contributed by atoms with Gasteiger partial charge >= 0.3 is 5.69 Å². The van der Waals surface area contributed by atoms with Gasteiger partial charge in [0.2, 0.25) is 0 Å². The monoisotopic (exact) mass is 227 g/mol. The molecule has 6 heteroatoms. The second kappa shape index (κ2) is 3.28. The average molecular weight is 227 g/mol. The molecule has 2 rings (SSSR count). The minimum Gasteiger partial charge on any atom is -0.396 e. The summed E-state index contributed by atoms with van der Waals surface area (Å²) in [6, 6.07) is 1.45. The predicted octanol–water partition coefficient (Wildman–Crippen LogP) is -0.0639. The lowest BCUT2D eigenvalue weighted by Crippen LogP contribution is -2.31. The molecule has 1 aromatic heterocycles. The van der Waals surface area contributed by atoms with Crippen LogP contribution in [0.3, 0.4) is 0 Å². The van der Waals surface area contributed by atoms with Crippen LogP contribution < -0.4 is 11.4 Å². The van der Waals surface area contributed by atoms with Crippen LogP contribution in [0.25, 0.3) is 0 Å². The molecule has 1 aliphatic carbocycles. The summed E-state index contributed by atoms with van der Waals surface area (Å²) < 4.78 is 15.3. The van der Waals surface area contributed by atoms with Crippen LogP contribution in [0.2, 0.25) is 0 Å². The highest BCUT2D eigenvalue weighted by Gasteiger charge is 2.65. The van der Waals surface area contributed by atoms with E-state index in [0.29, 0.717) is 0 Å². The second-order valence-corrected chi connectivity index (χ2v) is 4.62. The van der Waals surface area contributed by atoms with Crippen molar-refractivity contribution in [1.29, 1.82) is 0 Å². The molecular formula is C10H14FN3O2. The Hall–Kier alpha value is -1.43. The molecule has 0 unspecified atom stereocenters. The first-order chi connectivity index (χ1) is 7.40. The molecule has 16 heavy (non-hydrogen) atoms. The van der Waals surface area contributed by atoms with E-state index in [-0.39, 0.29) is 25.4 Å². The van der Waals surface area contributed by atoms with Crippen LogP contribution in [-0.2, 0) is 6.54 Å². The molecule has 1 aromatic rings. The van der Waals surface area contributed by atoms with Gasteiger partial charge in [0.1, 0.15) is 11.5 Å². The third kappa shape index (κ3) is 1.59. The Morgan fingerprint density at radius 3 is 2.94 bits per heavy atom. The van der Waals surface area contributed by atoms with Gasteiger partial charge in [0.25, 0.3) is 0 Å². The van der Waals surface area contributed by atoms with E-state index in [9.17, 15) is 9.18 Å². The largest absolute Gasteiger partial charge is 0.396 e. The number of halogens is 1. The van der Waals surface area contributed by atoms with E-state index in [1.165, 1.54) is 16.8 Å². The van der Waals surface area contributed by atoms with Crippen LogP contribution in [-0.4, -0.2) is 26.9 Å². The van der Waals surface area contributed by atoms with Crippen molar-refractivity contribution < 1.29 is 9.50 Å². The first-order valence-corrected chi connectivity index (χ1v) is 5.03. The van der Waals surface area contributed by atoms with Crippen molar-refractivity contribution in [2.45, 2.75) is 25.6 Å². The minimum atomic E-state index is -1.52. The Balaban J connectivity index is 2.21. The second-order valence-electron chi connectivity index (χ2n) is 4.62. The van der Waals surface area contributed by atoms with Crippen LogP contribution in [0.5, 0.6) is 0 Å². The van der Waals surface area contributed by atoms with Crippen LogP contribution in [0.1, 0.15) is 13.3 Å². The maximum absolute atomic E-state index is 14.1. The van der Waals surface area contributed by atoms with Crippen LogP contribution in [0.4, 0.5) is 10.2 Å². The summed E-state index contributed by atoms with van der Waals surface area (Å²) in [6.45, 7) is 1.35. The van der Waals surface area contributed by atoms with Gasteiger partial charge < -0.3 is 10.8 Å². The zero-order valence-electron chi connectivity index (χ0n) is 8.98. The van der Waals surface area contributed by atoms with Crippen molar-refractivity contribution in [2.75, 3.05) is 12.3 Å². The van der Waals surface area contributed by atoms with Crippen molar-refractivity contribution in [3.05, 3.63) is 22.7 Å². The molecule has 1 aliphatic rings. The Labute approximate surface area is 91.7 Å². The molecule has 1 fully saturated rings. The molecule has 88 valence electrons. The maximum atomic E-state index is 14.1. The standard InChI is InChI=1S/C10H14FN3O2/c1-9(6-15)4-10(9,11)5-14-3-2-7(12)13-8(14)16/h2-3,15H,4-6H2,1H3,(H2,12,13,16)/t9-,10+/m1/s1. The number of hydrogen-bond acceptors (Lipinski definition) is 4. The van der Waals surface area contributed by atoms with Gasteiger partial charge in [-0.15, -0.1) is 0 Å². The third-order valence-electron chi connectivity index (χ3n) is 3.29. The summed E-state index contributed by atoms with van der Waals surface area (Å²) >= 11 is 0. The Morgan fingerprint density at radius 1 is 1.75 bits per heavy atom. The minimum absolute atomic E-state index is 0.0871. The number of alkyl halides is 1. The summed E-state index contributed by atoms with van der Waals surface area (Å²) in [5.41, 5.74) is 2.50. The van der Waals surface area contributed by atoms with Crippen LogP contribution >= 0.6 is 0 Å². The molecule has 0 saturated heterocycles. The van der Waals surface area contributed by atoms with Crippen molar-refractivity contribution in [1.82, 2.24) is 9.55 Å². The number of nitrogen functional groups attached to an aromatic ring is 1. The molecule has 0 radical (unpaired) electrons. The van der Waals surface area contributed by atoms with E-state index >= 15 is 0 Å². The number of aromatic nitrogens is 2. The molecule has 3 N–H and O–H groups in total. The number of anilines is 1. The first kappa shape index (κ1) is 11.1. The summed E-state index contributed by atoms with van der Waals surface area (Å²) in [5.74, 6) is 0.120. The van der Waals surface area contributed by atoms with Gasteiger partial charge in [0, 0.05) is 11.6 Å². The molecule has 0 aliphatic heterocycles. The molecule has 5 nitrogen and oxygen atoms in total. The van der Waals surface area contributed by atoms with Gasteiger partial charge in [-0.1, -0.05) is 6.92 Å². The van der Waals surface area contributed by atoms with E-state index in [4.69, 9.17) is 10.8 Å². The lowest BCUT2D eigenvalue weighted by atomic mass is 10.1.